The van der Waals surface area contributed by atoms with Crippen LogP contribution in [0.3, 0.4) is 0 Å². The zero-order valence-corrected chi connectivity index (χ0v) is 19.6. The third-order valence-electron chi connectivity index (χ3n) is 2.29. The van der Waals surface area contributed by atoms with Gasteiger partial charge in [-0.15, -0.1) is 6.08 Å². The van der Waals surface area contributed by atoms with Crippen LogP contribution in [0.5, 0.6) is 0 Å². The summed E-state index contributed by atoms with van der Waals surface area (Å²) in [4.78, 5) is 19.7. The maximum atomic E-state index is 13.0. The van der Waals surface area contributed by atoms with Crippen molar-refractivity contribution in [2.75, 3.05) is 0 Å². The van der Waals surface area contributed by atoms with Crippen molar-refractivity contribution >= 4 is 12.1 Å². The molecule has 0 radical (unpaired) electrons. The molecule has 0 amide bonds. The monoisotopic (exact) mass is 362 g/mol. The van der Waals surface area contributed by atoms with E-state index in [1.165, 1.54) is 26.0 Å². The molecule has 0 N–H and O–H groups in total. The van der Waals surface area contributed by atoms with Crippen LogP contribution in [0.25, 0.3) is 0 Å². The van der Waals surface area contributed by atoms with Gasteiger partial charge in [-0.2, -0.15) is 17.7 Å². The van der Waals surface area contributed by atoms with Gasteiger partial charge in [0.1, 0.15) is 5.78 Å². The summed E-state index contributed by atoms with van der Waals surface area (Å²) >= 11 is 0. The predicted octanol–water partition coefficient (Wildman–Crippen LogP) is 2.78. The van der Waals surface area contributed by atoms with Crippen molar-refractivity contribution < 1.29 is 65.4 Å². The van der Waals surface area contributed by atoms with Gasteiger partial charge in [-0.3, -0.25) is 0 Å². The number of hydrogen-bond acceptors (Lipinski definition) is 2. The average molecular weight is 363 g/mol. The Balaban J connectivity index is -0.000000141. The second-order valence-electron chi connectivity index (χ2n) is 5.12. The molecule has 1 aliphatic rings. The molecular weight excluding hydrogens is 330 g/mol. The second-order valence-corrected chi connectivity index (χ2v) is 5.12. The smallest absolute Gasteiger partial charge is 0.376 e. The number of rotatable bonds is 2. The maximum absolute atomic E-state index is 13.0. The fourth-order valence-corrected chi connectivity index (χ4v) is 0.969. The summed E-state index contributed by atoms with van der Waals surface area (Å²) in [7, 11) is 0. The largest absolute Gasteiger partial charge is 1.00 e. The number of ketones is 1. The average Bonchev–Trinajstić information content (AvgIpc) is 2.50. The van der Waals surface area contributed by atoms with E-state index in [2.05, 4.69) is 13.8 Å². The Labute approximate surface area is 191 Å². The first kappa shape index (κ1) is 31.9. The molecule has 1 rings (SSSR count). The van der Waals surface area contributed by atoms with E-state index >= 15 is 0 Å². The van der Waals surface area contributed by atoms with Crippen LogP contribution in [0, 0.1) is 25.7 Å². The molecule has 2 nitrogen and oxygen atoms in total. The predicted molar refractivity (Wildman–Crippen MR) is 98.1 cm³/mol. The van der Waals surface area contributed by atoms with E-state index in [0.717, 1.165) is 6.42 Å². The number of allylic oxidation sites excluding steroid dienone is 6. The van der Waals surface area contributed by atoms with Crippen LogP contribution in [-0.4, -0.2) is 12.1 Å². The first-order chi connectivity index (χ1) is 10.7. The van der Waals surface area contributed by atoms with E-state index in [0.29, 0.717) is 17.9 Å². The molecule has 0 fully saturated rings. The van der Waals surface area contributed by atoms with Gasteiger partial charge in [-0.05, 0) is 20.3 Å². The molecule has 0 aromatic carbocycles. The first-order valence-electron chi connectivity index (χ1n) is 7.96. The van der Waals surface area contributed by atoms with E-state index in [1.54, 1.807) is 25.4 Å². The maximum Gasteiger partial charge on any atom is 1.00 e. The Morgan fingerprint density at radius 1 is 1.38 bits per heavy atom. The van der Waals surface area contributed by atoms with Gasteiger partial charge < -0.3 is 23.4 Å². The summed E-state index contributed by atoms with van der Waals surface area (Å²) in [6.45, 7) is 18.2. The van der Waals surface area contributed by atoms with Crippen molar-refractivity contribution in [2.24, 2.45) is 11.8 Å². The van der Waals surface area contributed by atoms with Crippen molar-refractivity contribution in [1.29, 1.82) is 0 Å². The molecule has 0 aromatic heterocycles. The Hall–Kier alpha value is 0.126. The number of Topliss-reactive ketones (excluding diaryl/α,β-unsaturated/α-hetero) is 1. The zero-order valence-electron chi connectivity index (χ0n) is 16.5. The molecule has 0 bridgehead atoms. The van der Waals surface area contributed by atoms with Crippen LogP contribution in [0.2, 0.25) is 0 Å². The summed E-state index contributed by atoms with van der Waals surface area (Å²) in [6, 6.07) is 0. The summed E-state index contributed by atoms with van der Waals surface area (Å²) in [6.07, 6.45) is 9.50. The van der Waals surface area contributed by atoms with Crippen molar-refractivity contribution in [3.05, 3.63) is 49.6 Å². The van der Waals surface area contributed by atoms with Crippen LogP contribution in [0.4, 0.5) is 4.39 Å². The molecule has 0 saturated heterocycles. The second kappa shape index (κ2) is 23.1. The topological polar surface area (TPSA) is 34.1 Å². The first-order valence-corrected chi connectivity index (χ1v) is 7.96. The summed E-state index contributed by atoms with van der Waals surface area (Å²) in [5, 5.41) is 0. The van der Waals surface area contributed by atoms with Gasteiger partial charge in [-0.25, -0.2) is 16.7 Å². The van der Waals surface area contributed by atoms with Crippen LogP contribution in [0.15, 0.2) is 35.7 Å². The summed E-state index contributed by atoms with van der Waals surface area (Å²) in [5.41, 5.74) is 0.386. The Kier molecular flexibility index (Phi) is 30.7. The van der Waals surface area contributed by atoms with Crippen LogP contribution in [0.1, 0.15) is 54.4 Å². The van der Waals surface area contributed by atoms with Crippen molar-refractivity contribution in [1.82, 2.24) is 0 Å². The minimum atomic E-state index is -0.188. The van der Waals surface area contributed by atoms with E-state index in [-0.39, 0.29) is 68.9 Å². The van der Waals surface area contributed by atoms with E-state index in [1.807, 2.05) is 20.8 Å². The van der Waals surface area contributed by atoms with Gasteiger partial charge in [0.05, 0.1) is 12.1 Å². The molecule has 134 valence electrons. The molecule has 24 heavy (non-hydrogen) atoms. The molecule has 0 spiro atoms. The van der Waals surface area contributed by atoms with Gasteiger partial charge in [0.2, 0.25) is 0 Å². The molecule has 2 atom stereocenters. The van der Waals surface area contributed by atoms with Crippen LogP contribution in [-0.2, 0) is 9.59 Å². The molecule has 0 aliphatic heterocycles. The number of carbonyl (C=O) groups excluding carboxylic acids is 2. The van der Waals surface area contributed by atoms with Gasteiger partial charge in [0.15, 0.2) is 0 Å². The number of carbonyl (C=O) groups is 1. The Morgan fingerprint density at radius 3 is 2.12 bits per heavy atom. The van der Waals surface area contributed by atoms with Gasteiger partial charge in [0.25, 0.3) is 0 Å². The molecule has 0 aromatic rings. The van der Waals surface area contributed by atoms with Crippen molar-refractivity contribution in [3.63, 3.8) is 0 Å². The summed E-state index contributed by atoms with van der Waals surface area (Å²) in [5.74, 6) is 0.410. The molecular formula is C20H32FKO2-2. The molecule has 0 saturated carbocycles. The molecule has 1 unspecified atom stereocenters. The van der Waals surface area contributed by atoms with Crippen molar-refractivity contribution in [3.8, 4) is 0 Å². The van der Waals surface area contributed by atoms with Gasteiger partial charge >= 0.3 is 51.4 Å². The normalized spacial score (nSPS) is 22.0. The van der Waals surface area contributed by atoms with Crippen LogP contribution >= 0.6 is 0 Å². The zero-order chi connectivity index (χ0) is 18.8. The SMILES string of the molecule is CC.CC(C)=O.CC1C/C=C/C([C-]=O)=C\C=C/1F.[CH2-]C[C@@H]([CH2-])C.[K+]. The molecule has 1 aliphatic carbocycles. The van der Waals surface area contributed by atoms with E-state index < -0.39 is 0 Å². The third-order valence-corrected chi connectivity index (χ3v) is 2.29. The van der Waals surface area contributed by atoms with Crippen molar-refractivity contribution in [2.45, 2.75) is 54.4 Å². The minimum Gasteiger partial charge on any atom is -0.376 e. The van der Waals surface area contributed by atoms with E-state index in [4.69, 9.17) is 0 Å². The summed E-state index contributed by atoms with van der Waals surface area (Å²) < 4.78 is 13.0. The van der Waals surface area contributed by atoms with E-state index in [9.17, 15) is 14.0 Å². The fourth-order valence-electron chi connectivity index (χ4n) is 0.969. The van der Waals surface area contributed by atoms with Gasteiger partial charge in [0, 0.05) is 5.92 Å². The minimum absolute atomic E-state index is 0. The fraction of sp³-hybridized carbons (Fsp3) is 0.500. The molecule has 4 heteroatoms. The number of halogens is 1. The third kappa shape index (κ3) is 27.0. The number of hydrogen-bond donors (Lipinski definition) is 0. The molecule has 0 heterocycles. The van der Waals surface area contributed by atoms with Crippen LogP contribution < -0.4 is 51.4 Å². The quantitative estimate of drug-likeness (QED) is 0.559. The standard InChI is InChI=1S/C10H10FO.C5H10.C3H6O.C2H6.K/c1-8-3-2-4-9(7-12)5-6-10(8)11;1-4-5(2)3;1-3(2)4;1-2;/h2,4-6,8H,3H2,1H3;5H,1-2,4H2,3H3;1-2H3;1-2H3;/q-1;-2;;;+1/b4-2+,9-5+,10-6+;;;;/t;5-;;;/m.0.../s1. The van der Waals surface area contributed by atoms with Gasteiger partial charge in [-0.1, -0.05) is 33.8 Å². The Morgan fingerprint density at radius 2 is 1.79 bits per heavy atom. The Bertz CT molecular complexity index is 392.